The summed E-state index contributed by atoms with van der Waals surface area (Å²) in [5.74, 6) is -1.13. The van der Waals surface area contributed by atoms with Crippen molar-refractivity contribution in [2.24, 2.45) is 0 Å². The number of ether oxygens (including phenoxy) is 1. The fraction of sp³-hybridized carbons (Fsp3) is 0.417. The summed E-state index contributed by atoms with van der Waals surface area (Å²) >= 11 is 0. The lowest BCUT2D eigenvalue weighted by Gasteiger charge is -2.22. The van der Waals surface area contributed by atoms with E-state index in [9.17, 15) is 13.6 Å². The van der Waals surface area contributed by atoms with E-state index >= 15 is 0 Å². The van der Waals surface area contributed by atoms with Gasteiger partial charge in [0.05, 0.1) is 12.7 Å². The molecule has 1 atom stereocenters. The lowest BCUT2D eigenvalue weighted by atomic mass is 9.99. The maximum absolute atomic E-state index is 13.3. The first-order valence-electron chi connectivity index (χ1n) is 5.17. The molecule has 86 valence electrons. The summed E-state index contributed by atoms with van der Waals surface area (Å²) in [6.07, 6.45) is 0.0702. The highest BCUT2D eigenvalue weighted by atomic mass is 19.1. The average molecular weight is 226 g/mol. The van der Waals surface area contributed by atoms with Gasteiger partial charge in [0.1, 0.15) is 17.4 Å². The van der Waals surface area contributed by atoms with Crippen molar-refractivity contribution in [3.05, 3.63) is 34.9 Å². The molecule has 1 aliphatic heterocycles. The standard InChI is InChI=1S/C12H12F2O2/c1-7-10(13)4-8(5-11(7)14)12-6-9(15)2-3-16-12/h4-5,12H,2-3,6H2,1H3. The molecule has 0 aromatic heterocycles. The Morgan fingerprint density at radius 3 is 2.50 bits per heavy atom. The molecule has 0 bridgehead atoms. The first kappa shape index (κ1) is 11.2. The van der Waals surface area contributed by atoms with E-state index in [1.165, 1.54) is 19.1 Å². The molecule has 1 unspecified atom stereocenters. The number of carbonyl (C=O) groups is 1. The van der Waals surface area contributed by atoms with E-state index in [1.807, 2.05) is 0 Å². The maximum atomic E-state index is 13.3. The van der Waals surface area contributed by atoms with Gasteiger partial charge in [-0.15, -0.1) is 0 Å². The maximum Gasteiger partial charge on any atom is 0.138 e. The third-order valence-corrected chi connectivity index (χ3v) is 2.79. The van der Waals surface area contributed by atoms with Crippen LogP contribution in [0.4, 0.5) is 8.78 Å². The summed E-state index contributed by atoms with van der Waals surface area (Å²) in [7, 11) is 0. The van der Waals surface area contributed by atoms with Crippen molar-refractivity contribution in [3.63, 3.8) is 0 Å². The van der Waals surface area contributed by atoms with Gasteiger partial charge in [-0.05, 0) is 24.6 Å². The molecule has 0 aliphatic carbocycles. The van der Waals surface area contributed by atoms with E-state index in [4.69, 9.17) is 4.74 Å². The molecule has 1 aromatic rings. The van der Waals surface area contributed by atoms with Gasteiger partial charge >= 0.3 is 0 Å². The minimum Gasteiger partial charge on any atom is -0.373 e. The van der Waals surface area contributed by atoms with Gasteiger partial charge in [-0.1, -0.05) is 0 Å². The first-order chi connectivity index (χ1) is 7.58. The summed E-state index contributed by atoms with van der Waals surface area (Å²) in [6, 6.07) is 2.48. The lowest BCUT2D eigenvalue weighted by Crippen LogP contribution is -2.19. The Bertz CT molecular complexity index is 406. The van der Waals surface area contributed by atoms with Crippen LogP contribution in [0.2, 0.25) is 0 Å². The highest BCUT2D eigenvalue weighted by molar-refractivity contribution is 5.79. The van der Waals surface area contributed by atoms with Gasteiger partial charge in [-0.25, -0.2) is 8.78 Å². The highest BCUT2D eigenvalue weighted by Gasteiger charge is 2.23. The molecule has 1 fully saturated rings. The van der Waals surface area contributed by atoms with Crippen molar-refractivity contribution in [2.75, 3.05) is 6.61 Å². The average Bonchev–Trinajstić information content (AvgIpc) is 2.25. The Balaban J connectivity index is 2.30. The van der Waals surface area contributed by atoms with Gasteiger partial charge in [0.15, 0.2) is 0 Å². The Hall–Kier alpha value is -1.29. The number of carbonyl (C=O) groups excluding carboxylic acids is 1. The third kappa shape index (κ3) is 2.11. The molecule has 2 rings (SSSR count). The minimum atomic E-state index is -0.600. The van der Waals surface area contributed by atoms with Crippen molar-refractivity contribution in [3.8, 4) is 0 Å². The SMILES string of the molecule is Cc1c(F)cc(C2CC(=O)CCO2)cc1F. The predicted octanol–water partition coefficient (Wildman–Crippen LogP) is 2.69. The Morgan fingerprint density at radius 2 is 1.94 bits per heavy atom. The second kappa shape index (κ2) is 4.29. The van der Waals surface area contributed by atoms with Crippen molar-refractivity contribution in [1.29, 1.82) is 0 Å². The molecule has 1 heterocycles. The molecular formula is C12H12F2O2. The normalized spacial score (nSPS) is 21.2. The fourth-order valence-electron chi connectivity index (χ4n) is 1.75. The predicted molar refractivity (Wildman–Crippen MR) is 54.0 cm³/mol. The number of benzene rings is 1. The molecule has 4 heteroatoms. The van der Waals surface area contributed by atoms with Gasteiger partial charge < -0.3 is 4.74 Å². The number of hydrogen-bond acceptors (Lipinski definition) is 2. The fourth-order valence-corrected chi connectivity index (χ4v) is 1.75. The van der Waals surface area contributed by atoms with Crippen LogP contribution in [0, 0.1) is 18.6 Å². The highest BCUT2D eigenvalue weighted by Crippen LogP contribution is 2.28. The number of rotatable bonds is 1. The molecule has 2 nitrogen and oxygen atoms in total. The van der Waals surface area contributed by atoms with E-state index in [1.54, 1.807) is 0 Å². The van der Waals surface area contributed by atoms with Gasteiger partial charge in [0, 0.05) is 18.4 Å². The van der Waals surface area contributed by atoms with E-state index in [0.717, 1.165) is 0 Å². The second-order valence-corrected chi connectivity index (χ2v) is 3.96. The van der Waals surface area contributed by atoms with Gasteiger partial charge in [0.25, 0.3) is 0 Å². The van der Waals surface area contributed by atoms with Crippen LogP contribution in [0.3, 0.4) is 0 Å². The minimum absolute atomic E-state index is 0.00844. The van der Waals surface area contributed by atoms with Gasteiger partial charge in [0.2, 0.25) is 0 Å². The van der Waals surface area contributed by atoms with Crippen LogP contribution in [0.1, 0.15) is 30.1 Å². The van der Waals surface area contributed by atoms with Gasteiger partial charge in [-0.3, -0.25) is 4.79 Å². The molecule has 0 amide bonds. The van der Waals surface area contributed by atoms with Crippen LogP contribution in [0.25, 0.3) is 0 Å². The van der Waals surface area contributed by atoms with Crippen LogP contribution in [-0.2, 0) is 9.53 Å². The quantitative estimate of drug-likeness (QED) is 0.736. The molecule has 1 saturated heterocycles. The molecule has 1 aliphatic rings. The summed E-state index contributed by atoms with van der Waals surface area (Å²) in [5, 5.41) is 0. The molecule has 0 spiro atoms. The largest absolute Gasteiger partial charge is 0.373 e. The lowest BCUT2D eigenvalue weighted by molar-refractivity contribution is -0.128. The zero-order valence-electron chi connectivity index (χ0n) is 8.93. The Labute approximate surface area is 92.2 Å². The molecule has 0 N–H and O–H groups in total. The van der Waals surface area contributed by atoms with Crippen molar-refractivity contribution < 1.29 is 18.3 Å². The van der Waals surface area contributed by atoms with Crippen LogP contribution >= 0.6 is 0 Å². The van der Waals surface area contributed by atoms with Crippen molar-refractivity contribution >= 4 is 5.78 Å². The van der Waals surface area contributed by atoms with E-state index in [2.05, 4.69) is 0 Å². The van der Waals surface area contributed by atoms with E-state index in [-0.39, 0.29) is 17.8 Å². The zero-order chi connectivity index (χ0) is 11.7. The van der Waals surface area contributed by atoms with Crippen LogP contribution in [-0.4, -0.2) is 12.4 Å². The smallest absolute Gasteiger partial charge is 0.138 e. The topological polar surface area (TPSA) is 26.3 Å². The number of Topliss-reactive ketones (excluding diaryl/α,β-unsaturated/α-hetero) is 1. The van der Waals surface area contributed by atoms with Crippen LogP contribution < -0.4 is 0 Å². The molecule has 16 heavy (non-hydrogen) atoms. The summed E-state index contributed by atoms with van der Waals surface area (Å²) in [4.78, 5) is 11.2. The van der Waals surface area contributed by atoms with Crippen LogP contribution in [0.5, 0.6) is 0 Å². The van der Waals surface area contributed by atoms with Crippen molar-refractivity contribution in [2.45, 2.75) is 25.9 Å². The van der Waals surface area contributed by atoms with E-state index < -0.39 is 17.7 Å². The monoisotopic (exact) mass is 226 g/mol. The number of hydrogen-bond donors (Lipinski definition) is 0. The van der Waals surface area contributed by atoms with Crippen LogP contribution in [0.15, 0.2) is 12.1 Å². The molecule has 0 saturated carbocycles. The summed E-state index contributed by atoms with van der Waals surface area (Å²) in [6.45, 7) is 1.70. The Kier molecular flexibility index (Phi) is 3.01. The summed E-state index contributed by atoms with van der Waals surface area (Å²) < 4.78 is 32.0. The number of ketones is 1. The molecule has 1 aromatic carbocycles. The van der Waals surface area contributed by atoms with E-state index in [0.29, 0.717) is 18.6 Å². The first-order valence-corrected chi connectivity index (χ1v) is 5.17. The Morgan fingerprint density at radius 1 is 1.31 bits per heavy atom. The summed E-state index contributed by atoms with van der Waals surface area (Å²) in [5.41, 5.74) is 0.388. The molecular weight excluding hydrogens is 214 g/mol. The van der Waals surface area contributed by atoms with Gasteiger partial charge in [-0.2, -0.15) is 0 Å². The second-order valence-electron chi connectivity index (χ2n) is 3.96. The zero-order valence-corrected chi connectivity index (χ0v) is 8.93. The van der Waals surface area contributed by atoms with Crippen molar-refractivity contribution in [1.82, 2.24) is 0 Å². The molecule has 0 radical (unpaired) electrons. The third-order valence-electron chi connectivity index (χ3n) is 2.79. The number of halogens is 2.